The van der Waals surface area contributed by atoms with Gasteiger partial charge < -0.3 is 20.5 Å². The molecule has 0 aliphatic carbocycles. The maximum Gasteiger partial charge on any atom is 0.277 e. The summed E-state index contributed by atoms with van der Waals surface area (Å²) in [6, 6.07) is 4.47. The van der Waals surface area contributed by atoms with Crippen LogP contribution in [0.4, 0.5) is 8.78 Å². The molecule has 0 radical (unpaired) electrons. The van der Waals surface area contributed by atoms with Crippen molar-refractivity contribution in [3.63, 3.8) is 0 Å². The lowest BCUT2D eigenvalue weighted by Crippen LogP contribution is -2.41. The van der Waals surface area contributed by atoms with E-state index in [1.807, 2.05) is 0 Å². The molecule has 0 spiro atoms. The van der Waals surface area contributed by atoms with Crippen molar-refractivity contribution < 1.29 is 23.0 Å². The fourth-order valence-corrected chi connectivity index (χ4v) is 1.36. The Morgan fingerprint density at radius 3 is 2.50 bits per heavy atom. The SMILES string of the molecule is COc1ccc(C(=O)NCC(F)(F)CN)c(OC)c1.Cl. The van der Waals surface area contributed by atoms with E-state index in [2.05, 4.69) is 5.32 Å². The monoisotopic (exact) mass is 310 g/mol. The summed E-state index contributed by atoms with van der Waals surface area (Å²) in [7, 11) is 2.84. The zero-order chi connectivity index (χ0) is 14.5. The fourth-order valence-electron chi connectivity index (χ4n) is 1.36. The molecule has 1 amide bonds. The molecule has 8 heteroatoms. The van der Waals surface area contributed by atoms with E-state index in [0.717, 1.165) is 0 Å². The van der Waals surface area contributed by atoms with E-state index >= 15 is 0 Å². The van der Waals surface area contributed by atoms with Crippen molar-refractivity contribution in [2.45, 2.75) is 5.92 Å². The lowest BCUT2D eigenvalue weighted by Gasteiger charge is -2.15. The van der Waals surface area contributed by atoms with Gasteiger partial charge in [-0.25, -0.2) is 8.78 Å². The summed E-state index contributed by atoms with van der Waals surface area (Å²) >= 11 is 0. The minimum atomic E-state index is -3.13. The predicted octanol–water partition coefficient (Wildman–Crippen LogP) is 1.45. The number of nitrogens with one attached hydrogen (secondary N) is 1. The normalized spacial score (nSPS) is 10.4. The van der Waals surface area contributed by atoms with Gasteiger partial charge in [-0.05, 0) is 12.1 Å². The second-order valence-corrected chi connectivity index (χ2v) is 3.81. The predicted molar refractivity (Wildman–Crippen MR) is 73.1 cm³/mol. The Morgan fingerprint density at radius 1 is 1.35 bits per heavy atom. The van der Waals surface area contributed by atoms with E-state index in [1.54, 1.807) is 6.07 Å². The van der Waals surface area contributed by atoms with Gasteiger partial charge in [0.2, 0.25) is 0 Å². The van der Waals surface area contributed by atoms with E-state index < -0.39 is 24.9 Å². The van der Waals surface area contributed by atoms with Crippen LogP contribution in [0.2, 0.25) is 0 Å². The van der Waals surface area contributed by atoms with Crippen LogP contribution >= 0.6 is 12.4 Å². The summed E-state index contributed by atoms with van der Waals surface area (Å²) in [5.74, 6) is -3.05. The van der Waals surface area contributed by atoms with Crippen molar-refractivity contribution in [3.05, 3.63) is 23.8 Å². The van der Waals surface area contributed by atoms with Crippen molar-refractivity contribution in [2.75, 3.05) is 27.3 Å². The molecule has 0 saturated carbocycles. The van der Waals surface area contributed by atoms with Crippen molar-refractivity contribution in [3.8, 4) is 11.5 Å². The third-order valence-corrected chi connectivity index (χ3v) is 2.46. The fraction of sp³-hybridized carbons (Fsp3) is 0.417. The van der Waals surface area contributed by atoms with Crippen LogP contribution in [0.5, 0.6) is 11.5 Å². The van der Waals surface area contributed by atoms with Crippen molar-refractivity contribution in [1.29, 1.82) is 0 Å². The van der Waals surface area contributed by atoms with E-state index in [1.165, 1.54) is 26.4 Å². The minimum absolute atomic E-state index is 0. The van der Waals surface area contributed by atoms with Crippen LogP contribution in [0.3, 0.4) is 0 Å². The first-order valence-electron chi connectivity index (χ1n) is 5.51. The summed E-state index contributed by atoms with van der Waals surface area (Å²) in [6.07, 6.45) is 0. The molecule has 0 fully saturated rings. The van der Waals surface area contributed by atoms with Gasteiger partial charge in [0, 0.05) is 6.07 Å². The highest BCUT2D eigenvalue weighted by molar-refractivity contribution is 5.97. The van der Waals surface area contributed by atoms with E-state index in [4.69, 9.17) is 15.2 Å². The van der Waals surface area contributed by atoms with Crippen LogP contribution in [0.25, 0.3) is 0 Å². The highest BCUT2D eigenvalue weighted by atomic mass is 35.5. The zero-order valence-corrected chi connectivity index (χ0v) is 11.9. The Bertz CT molecular complexity index is 458. The number of carbonyl (C=O) groups excluding carboxylic acids is 1. The van der Waals surface area contributed by atoms with Crippen molar-refractivity contribution >= 4 is 18.3 Å². The van der Waals surface area contributed by atoms with Crippen LogP contribution in [0.15, 0.2) is 18.2 Å². The number of nitrogens with two attached hydrogens (primary N) is 1. The number of alkyl halides is 2. The van der Waals surface area contributed by atoms with Gasteiger partial charge in [-0.1, -0.05) is 0 Å². The first-order valence-corrected chi connectivity index (χ1v) is 5.51. The molecule has 0 aromatic heterocycles. The first kappa shape index (κ1) is 18.4. The molecule has 0 aliphatic heterocycles. The third-order valence-electron chi connectivity index (χ3n) is 2.46. The molecule has 0 saturated heterocycles. The van der Waals surface area contributed by atoms with Gasteiger partial charge in [-0.3, -0.25) is 4.79 Å². The number of methoxy groups -OCH3 is 2. The van der Waals surface area contributed by atoms with Crippen LogP contribution in [0.1, 0.15) is 10.4 Å². The van der Waals surface area contributed by atoms with Crippen LogP contribution < -0.4 is 20.5 Å². The van der Waals surface area contributed by atoms with Gasteiger partial charge in [0.1, 0.15) is 11.5 Å². The summed E-state index contributed by atoms with van der Waals surface area (Å²) in [5, 5.41) is 2.11. The molecule has 0 unspecified atom stereocenters. The van der Waals surface area contributed by atoms with Crippen LogP contribution in [0, 0.1) is 0 Å². The number of ether oxygens (including phenoxy) is 2. The summed E-state index contributed by atoms with van der Waals surface area (Å²) in [5.41, 5.74) is 5.03. The molecule has 114 valence electrons. The number of carbonyl (C=O) groups is 1. The molecule has 5 nitrogen and oxygen atoms in total. The van der Waals surface area contributed by atoms with Gasteiger partial charge in [0.25, 0.3) is 11.8 Å². The molecular formula is C12H17ClF2N2O3. The van der Waals surface area contributed by atoms with Gasteiger partial charge >= 0.3 is 0 Å². The Balaban J connectivity index is 0.00000361. The molecule has 1 rings (SSSR count). The number of rotatable bonds is 6. The first-order chi connectivity index (χ1) is 8.93. The Morgan fingerprint density at radius 2 is 2.00 bits per heavy atom. The quantitative estimate of drug-likeness (QED) is 0.834. The highest BCUT2D eigenvalue weighted by Crippen LogP contribution is 2.24. The largest absolute Gasteiger partial charge is 0.497 e. The zero-order valence-electron chi connectivity index (χ0n) is 11.1. The standard InChI is InChI=1S/C12H16F2N2O3.ClH/c1-18-8-3-4-9(10(5-8)19-2)11(17)16-7-12(13,14)6-15;/h3-5H,6-7,15H2,1-2H3,(H,16,17);1H. The van der Waals surface area contributed by atoms with E-state index in [9.17, 15) is 13.6 Å². The number of benzene rings is 1. The van der Waals surface area contributed by atoms with Crippen LogP contribution in [-0.2, 0) is 0 Å². The van der Waals surface area contributed by atoms with E-state index in [0.29, 0.717) is 5.75 Å². The van der Waals surface area contributed by atoms with Gasteiger partial charge in [0.05, 0.1) is 32.9 Å². The number of hydrogen-bond acceptors (Lipinski definition) is 4. The van der Waals surface area contributed by atoms with E-state index in [-0.39, 0.29) is 23.7 Å². The molecule has 0 heterocycles. The molecule has 20 heavy (non-hydrogen) atoms. The van der Waals surface area contributed by atoms with Gasteiger partial charge in [0.15, 0.2) is 0 Å². The minimum Gasteiger partial charge on any atom is -0.497 e. The smallest absolute Gasteiger partial charge is 0.277 e. The van der Waals surface area contributed by atoms with Gasteiger partial charge in [-0.2, -0.15) is 0 Å². The molecule has 3 N–H and O–H groups in total. The lowest BCUT2D eigenvalue weighted by molar-refractivity contribution is 0.0118. The van der Waals surface area contributed by atoms with Crippen molar-refractivity contribution in [1.82, 2.24) is 5.32 Å². The number of hydrogen-bond donors (Lipinski definition) is 2. The summed E-state index contributed by atoms with van der Waals surface area (Å²) < 4.78 is 35.9. The molecular weight excluding hydrogens is 294 g/mol. The number of amides is 1. The maximum absolute atomic E-state index is 12.9. The Hall–Kier alpha value is -1.60. The third kappa shape index (κ3) is 4.82. The second kappa shape index (κ2) is 7.86. The van der Waals surface area contributed by atoms with Gasteiger partial charge in [-0.15, -0.1) is 12.4 Å². The molecule has 1 aromatic rings. The molecule has 0 aliphatic rings. The lowest BCUT2D eigenvalue weighted by atomic mass is 10.1. The average Bonchev–Trinajstić information content (AvgIpc) is 2.44. The van der Waals surface area contributed by atoms with Crippen LogP contribution in [-0.4, -0.2) is 39.1 Å². The molecule has 0 bridgehead atoms. The summed E-state index contributed by atoms with van der Waals surface area (Å²) in [4.78, 5) is 11.8. The topological polar surface area (TPSA) is 73.6 Å². The number of halogens is 3. The Labute approximate surface area is 121 Å². The Kier molecular flexibility index (Phi) is 7.23. The highest BCUT2D eigenvalue weighted by Gasteiger charge is 2.27. The maximum atomic E-state index is 12.9. The second-order valence-electron chi connectivity index (χ2n) is 3.81. The summed E-state index contributed by atoms with van der Waals surface area (Å²) in [6.45, 7) is -1.65. The molecule has 0 atom stereocenters. The molecule has 1 aromatic carbocycles. The van der Waals surface area contributed by atoms with Crippen molar-refractivity contribution in [2.24, 2.45) is 5.73 Å². The average molecular weight is 311 g/mol.